The number of halogens is 1. The van der Waals surface area contributed by atoms with E-state index in [4.69, 9.17) is 14.6 Å². The first-order valence-electron chi connectivity index (χ1n) is 12.8. The Balaban J connectivity index is 1.54. The summed E-state index contributed by atoms with van der Waals surface area (Å²) in [5.74, 6) is 0.365. The number of urea groups is 1. The molecule has 0 saturated heterocycles. The van der Waals surface area contributed by atoms with E-state index in [1.54, 1.807) is 12.0 Å². The summed E-state index contributed by atoms with van der Waals surface area (Å²) < 4.78 is 13.0. The van der Waals surface area contributed by atoms with E-state index >= 15 is 0 Å². The zero-order valence-electron chi connectivity index (χ0n) is 21.4. The molecule has 1 fully saturated rings. The van der Waals surface area contributed by atoms with E-state index in [0.717, 1.165) is 22.4 Å². The van der Waals surface area contributed by atoms with Gasteiger partial charge in [-0.2, -0.15) is 0 Å². The predicted octanol–water partition coefficient (Wildman–Crippen LogP) is 3.89. The maximum absolute atomic E-state index is 13.5. The maximum atomic E-state index is 13.5. The van der Waals surface area contributed by atoms with Crippen molar-refractivity contribution in [3.8, 4) is 11.5 Å². The van der Waals surface area contributed by atoms with Gasteiger partial charge in [-0.15, -0.1) is 0 Å². The van der Waals surface area contributed by atoms with Crippen LogP contribution in [0.4, 0.5) is 4.79 Å². The Morgan fingerprint density at radius 3 is 2.74 bits per heavy atom. The molecule has 1 aliphatic carbocycles. The second kappa shape index (κ2) is 10.6. The molecule has 4 atom stereocenters. The number of rotatable bonds is 6. The van der Waals surface area contributed by atoms with Gasteiger partial charge in [-0.1, -0.05) is 37.3 Å². The molecular weight excluding hydrogens is 554 g/mol. The first-order chi connectivity index (χ1) is 18.3. The molecule has 2 aliphatic heterocycles. The zero-order valence-corrected chi connectivity index (χ0v) is 23.0. The minimum absolute atomic E-state index is 0.0375. The van der Waals surface area contributed by atoms with Gasteiger partial charge < -0.3 is 29.9 Å². The monoisotopic (exact) mass is 585 g/mol. The third-order valence-corrected chi connectivity index (χ3v) is 8.93. The van der Waals surface area contributed by atoms with Crippen LogP contribution in [0, 0.1) is 5.92 Å². The summed E-state index contributed by atoms with van der Waals surface area (Å²) in [4.78, 5) is 30.8. The zero-order chi connectivity index (χ0) is 27.0. The lowest BCUT2D eigenvalue weighted by Crippen LogP contribution is -2.54. The molecule has 2 amide bonds. The number of hydrogen-bond acceptors (Lipinski definition) is 6. The fourth-order valence-electron chi connectivity index (χ4n) is 6.42. The molecular formula is C28H32BrN3O6. The molecule has 2 aromatic rings. The Morgan fingerprint density at radius 1 is 1.29 bits per heavy atom. The number of hydrogen-bond donors (Lipinski definition) is 3. The quantitative estimate of drug-likeness (QED) is 0.473. The van der Waals surface area contributed by atoms with Crippen molar-refractivity contribution in [2.75, 3.05) is 20.3 Å². The molecule has 1 spiro atoms. The average molecular weight is 586 g/mol. The number of nitrogens with one attached hydrogen (secondary N) is 1. The molecule has 0 radical (unpaired) electrons. The summed E-state index contributed by atoms with van der Waals surface area (Å²) in [6.07, 6.45) is 1.31. The van der Waals surface area contributed by atoms with Gasteiger partial charge in [0.05, 0.1) is 19.8 Å². The number of carbonyl (C=O) groups excluding carboxylic acids is 1. The van der Waals surface area contributed by atoms with Gasteiger partial charge >= 0.3 is 12.0 Å². The molecule has 0 unspecified atom stereocenters. The molecule has 5 rings (SSSR count). The summed E-state index contributed by atoms with van der Waals surface area (Å²) in [5, 5.41) is 22.7. The molecule has 0 aromatic heterocycles. The fourth-order valence-corrected chi connectivity index (χ4v) is 6.98. The highest BCUT2D eigenvalue weighted by atomic mass is 79.9. The van der Waals surface area contributed by atoms with Crippen LogP contribution in [0.25, 0.3) is 0 Å². The maximum Gasteiger partial charge on any atom is 0.325 e. The molecule has 0 bridgehead atoms. The van der Waals surface area contributed by atoms with Crippen molar-refractivity contribution in [1.29, 1.82) is 0 Å². The van der Waals surface area contributed by atoms with Crippen molar-refractivity contribution in [3.05, 3.63) is 57.6 Å². The molecule has 202 valence electrons. The summed E-state index contributed by atoms with van der Waals surface area (Å²) >= 11 is 3.67. The van der Waals surface area contributed by atoms with Gasteiger partial charge in [-0.05, 0) is 51.9 Å². The molecule has 2 heterocycles. The van der Waals surface area contributed by atoms with Gasteiger partial charge in [0.15, 0.2) is 0 Å². The molecule has 38 heavy (non-hydrogen) atoms. The number of methoxy groups -OCH3 is 1. The number of aliphatic hydroxyl groups is 1. The van der Waals surface area contributed by atoms with Crippen molar-refractivity contribution in [2.45, 2.75) is 56.8 Å². The molecule has 1 saturated carbocycles. The highest BCUT2D eigenvalue weighted by Gasteiger charge is 2.59. The third kappa shape index (κ3) is 4.53. The number of nitrogens with zero attached hydrogens (tertiary/aromatic N) is 2. The molecule has 2 aromatic carbocycles. The smallest absolute Gasteiger partial charge is 0.325 e. The lowest BCUT2D eigenvalue weighted by atomic mass is 9.59. The number of carboxylic acids is 1. The van der Waals surface area contributed by atoms with Crippen LogP contribution in [0.3, 0.4) is 0 Å². The van der Waals surface area contributed by atoms with Crippen LogP contribution < -0.4 is 14.8 Å². The highest BCUT2D eigenvalue weighted by Crippen LogP contribution is 2.60. The largest absolute Gasteiger partial charge is 0.495 e. The van der Waals surface area contributed by atoms with E-state index in [9.17, 15) is 14.7 Å². The van der Waals surface area contributed by atoms with Crippen LogP contribution >= 0.6 is 15.9 Å². The van der Waals surface area contributed by atoms with E-state index in [0.29, 0.717) is 48.3 Å². The number of carboxylic acid groups (broad SMARTS) is 1. The van der Waals surface area contributed by atoms with Gasteiger partial charge in [-0.3, -0.25) is 9.79 Å². The standard InChI is InChI=1S/C28H32BrN3O6/c1-16-8-19(30-13-23(34)35)10-22-28(16)11-20(15-33)32(27(36)31-12-17-6-4-3-5-7-17)14-18-9-21(37-2)25(29)26(38-22)24(18)28/h3-7,9,16,20,22,33H,8,10-15H2,1-2H3,(H,31,36)(H,34,35)/t16-,20+,22-,28+/m1/s1. The Morgan fingerprint density at radius 2 is 2.05 bits per heavy atom. The Kier molecular flexibility index (Phi) is 7.37. The SMILES string of the molecule is COc1cc2c3c(c1Br)O[C@@H]1CC(=NCC(=O)O)C[C@@H](C)[C@]31C[C@@H](CO)N(C(=O)NCc1ccccc1)C2. The molecule has 10 heteroatoms. The van der Waals surface area contributed by atoms with E-state index in [1.165, 1.54) is 0 Å². The lowest BCUT2D eigenvalue weighted by molar-refractivity contribution is -0.135. The average Bonchev–Trinajstić information content (AvgIpc) is 3.17. The molecule has 3 N–H and O–H groups in total. The summed E-state index contributed by atoms with van der Waals surface area (Å²) in [5.41, 5.74) is 3.28. The van der Waals surface area contributed by atoms with Crippen molar-refractivity contribution >= 4 is 33.6 Å². The Labute approximate surface area is 230 Å². The van der Waals surface area contributed by atoms with Gasteiger partial charge in [-0.25, -0.2) is 4.79 Å². The van der Waals surface area contributed by atoms with E-state index in [-0.39, 0.29) is 31.2 Å². The van der Waals surface area contributed by atoms with Crippen LogP contribution in [0.1, 0.15) is 42.9 Å². The second-order valence-corrected chi connectivity index (χ2v) is 11.1. The van der Waals surface area contributed by atoms with Crippen molar-refractivity contribution < 1.29 is 29.3 Å². The minimum Gasteiger partial charge on any atom is -0.495 e. The summed E-state index contributed by atoms with van der Waals surface area (Å²) in [6, 6.07) is 11.0. The fraction of sp³-hybridized carbons (Fsp3) is 0.464. The molecule has 3 aliphatic rings. The lowest BCUT2D eigenvalue weighted by Gasteiger charge is -2.45. The predicted molar refractivity (Wildman–Crippen MR) is 145 cm³/mol. The van der Waals surface area contributed by atoms with E-state index < -0.39 is 17.4 Å². The van der Waals surface area contributed by atoms with Crippen LogP contribution in [0.2, 0.25) is 0 Å². The van der Waals surface area contributed by atoms with Gasteiger partial charge in [0.1, 0.15) is 28.6 Å². The van der Waals surface area contributed by atoms with Crippen LogP contribution in [0.5, 0.6) is 11.5 Å². The van der Waals surface area contributed by atoms with Crippen molar-refractivity contribution in [2.24, 2.45) is 10.9 Å². The first kappa shape index (κ1) is 26.5. The minimum atomic E-state index is -0.970. The number of carbonyl (C=O) groups is 2. The number of aliphatic carboxylic acids is 1. The number of aliphatic imine (C=N–C) groups is 1. The Bertz CT molecular complexity index is 1270. The number of benzene rings is 2. The number of amides is 2. The summed E-state index contributed by atoms with van der Waals surface area (Å²) in [7, 11) is 1.59. The van der Waals surface area contributed by atoms with E-state index in [1.807, 2.05) is 36.4 Å². The van der Waals surface area contributed by atoms with E-state index in [2.05, 4.69) is 33.2 Å². The topological polar surface area (TPSA) is 121 Å². The van der Waals surface area contributed by atoms with Gasteiger partial charge in [0.25, 0.3) is 0 Å². The van der Waals surface area contributed by atoms with Crippen molar-refractivity contribution in [3.63, 3.8) is 0 Å². The van der Waals surface area contributed by atoms with Gasteiger partial charge in [0, 0.05) is 36.2 Å². The molecule has 9 nitrogen and oxygen atoms in total. The second-order valence-electron chi connectivity index (χ2n) is 10.3. The number of aliphatic hydroxyl groups excluding tert-OH is 1. The first-order valence-corrected chi connectivity index (χ1v) is 13.6. The highest BCUT2D eigenvalue weighted by molar-refractivity contribution is 9.10. The van der Waals surface area contributed by atoms with Crippen LogP contribution in [0.15, 0.2) is 45.9 Å². The van der Waals surface area contributed by atoms with Crippen molar-refractivity contribution in [1.82, 2.24) is 10.2 Å². The Hall–Kier alpha value is -3.11. The normalized spacial score (nSPS) is 26.7. The van der Waals surface area contributed by atoms with Crippen LogP contribution in [-0.2, 0) is 23.3 Å². The third-order valence-electron chi connectivity index (χ3n) is 8.18. The summed E-state index contributed by atoms with van der Waals surface area (Å²) in [6.45, 7) is 2.34. The van der Waals surface area contributed by atoms with Crippen LogP contribution in [-0.4, -0.2) is 65.2 Å². The number of ether oxygens (including phenoxy) is 2. The van der Waals surface area contributed by atoms with Gasteiger partial charge in [0.2, 0.25) is 0 Å².